The van der Waals surface area contributed by atoms with Crippen LogP contribution in [-0.2, 0) is 16.1 Å². The fourth-order valence-corrected chi connectivity index (χ4v) is 3.53. The van der Waals surface area contributed by atoms with Crippen LogP contribution in [0.15, 0.2) is 24.3 Å². The summed E-state index contributed by atoms with van der Waals surface area (Å²) in [5.74, 6) is -0.310. The van der Waals surface area contributed by atoms with E-state index in [1.54, 1.807) is 45.0 Å². The molecule has 1 N–H and O–H groups in total. The van der Waals surface area contributed by atoms with Gasteiger partial charge in [-0.1, -0.05) is 23.7 Å². The number of piperidine rings is 1. The summed E-state index contributed by atoms with van der Waals surface area (Å²) in [6.45, 7) is 6.15. The number of nitrogens with zero attached hydrogens (tertiary/aromatic N) is 2. The summed E-state index contributed by atoms with van der Waals surface area (Å²) in [6, 6.07) is 6.55. The molecule has 2 heterocycles. The summed E-state index contributed by atoms with van der Waals surface area (Å²) in [5, 5.41) is 3.40. The Hall–Kier alpha value is -2.28. The highest BCUT2D eigenvalue weighted by Gasteiger charge is 2.53. The minimum Gasteiger partial charge on any atom is -0.444 e. The van der Waals surface area contributed by atoms with Crippen molar-refractivity contribution in [3.05, 3.63) is 34.9 Å². The molecule has 27 heavy (non-hydrogen) atoms. The average Bonchev–Trinajstić information content (AvgIpc) is 2.79. The zero-order valence-corrected chi connectivity index (χ0v) is 16.5. The van der Waals surface area contributed by atoms with Gasteiger partial charge in [0.15, 0.2) is 0 Å². The summed E-state index contributed by atoms with van der Waals surface area (Å²) < 4.78 is 5.41. The second-order valence-corrected chi connectivity index (χ2v) is 8.47. The Balaban J connectivity index is 1.74. The Morgan fingerprint density at radius 3 is 2.56 bits per heavy atom. The lowest BCUT2D eigenvalue weighted by atomic mass is 9.89. The molecule has 0 bridgehead atoms. The van der Waals surface area contributed by atoms with E-state index in [-0.39, 0.29) is 19.0 Å². The maximum atomic E-state index is 13.1. The minimum atomic E-state index is -1.08. The second-order valence-electron chi connectivity index (χ2n) is 8.04. The van der Waals surface area contributed by atoms with Gasteiger partial charge in [0.2, 0.25) is 0 Å². The third kappa shape index (κ3) is 4.18. The number of ether oxygens (including phenoxy) is 1. The number of hydrogen-bond donors (Lipinski definition) is 1. The highest BCUT2D eigenvalue weighted by atomic mass is 35.5. The van der Waals surface area contributed by atoms with Crippen molar-refractivity contribution in [3.8, 4) is 0 Å². The van der Waals surface area contributed by atoms with Crippen LogP contribution in [0.4, 0.5) is 9.59 Å². The molecule has 146 valence electrons. The molecular weight excluding hydrogens is 370 g/mol. The standard InChI is InChI=1S/C19H24ClN3O4/c1-18(2,3)27-17(26)22-10-4-9-19(12-22)15(24)23(16(25)21-19)11-13-5-7-14(20)8-6-13/h5-8H,4,9-12H2,1-3H3,(H,21,25). The van der Waals surface area contributed by atoms with Crippen LogP contribution in [0.1, 0.15) is 39.2 Å². The summed E-state index contributed by atoms with van der Waals surface area (Å²) >= 11 is 5.88. The Morgan fingerprint density at radius 1 is 1.26 bits per heavy atom. The van der Waals surface area contributed by atoms with Crippen molar-refractivity contribution in [1.82, 2.24) is 15.1 Å². The third-order valence-corrected chi connectivity index (χ3v) is 4.90. The molecule has 2 aliphatic heterocycles. The highest BCUT2D eigenvalue weighted by molar-refractivity contribution is 6.30. The second kappa shape index (κ2) is 7.03. The molecule has 4 amide bonds. The van der Waals surface area contributed by atoms with Crippen molar-refractivity contribution in [2.24, 2.45) is 0 Å². The maximum absolute atomic E-state index is 13.1. The van der Waals surface area contributed by atoms with Crippen LogP contribution in [0.25, 0.3) is 0 Å². The number of halogens is 1. The van der Waals surface area contributed by atoms with Gasteiger partial charge in [0.1, 0.15) is 11.1 Å². The lowest BCUT2D eigenvalue weighted by Gasteiger charge is -2.38. The van der Waals surface area contributed by atoms with Gasteiger partial charge < -0.3 is 15.0 Å². The third-order valence-electron chi connectivity index (χ3n) is 4.64. The number of nitrogens with one attached hydrogen (secondary N) is 1. The van der Waals surface area contributed by atoms with Gasteiger partial charge in [-0.3, -0.25) is 9.69 Å². The summed E-state index contributed by atoms with van der Waals surface area (Å²) in [7, 11) is 0. The monoisotopic (exact) mass is 393 g/mol. The summed E-state index contributed by atoms with van der Waals surface area (Å²) in [6.07, 6.45) is 0.633. The normalized spacial score (nSPS) is 23.0. The van der Waals surface area contributed by atoms with Crippen molar-refractivity contribution in [2.45, 2.75) is 51.3 Å². The van der Waals surface area contributed by atoms with Crippen LogP contribution in [0.3, 0.4) is 0 Å². The molecule has 2 aliphatic rings. The number of urea groups is 1. The van der Waals surface area contributed by atoms with Gasteiger partial charge in [-0.15, -0.1) is 0 Å². The quantitative estimate of drug-likeness (QED) is 0.783. The van der Waals surface area contributed by atoms with Crippen molar-refractivity contribution in [3.63, 3.8) is 0 Å². The highest BCUT2D eigenvalue weighted by Crippen LogP contribution is 2.30. The van der Waals surface area contributed by atoms with Crippen LogP contribution >= 0.6 is 11.6 Å². The molecule has 2 fully saturated rings. The molecule has 8 heteroatoms. The summed E-state index contributed by atoms with van der Waals surface area (Å²) in [5.41, 5.74) is -0.899. The van der Waals surface area contributed by atoms with E-state index in [2.05, 4.69) is 5.32 Å². The van der Waals surface area contributed by atoms with Crippen LogP contribution in [-0.4, -0.2) is 52.1 Å². The van der Waals surface area contributed by atoms with Crippen molar-refractivity contribution < 1.29 is 19.1 Å². The molecule has 1 unspecified atom stereocenters. The number of carbonyl (C=O) groups is 3. The summed E-state index contributed by atoms with van der Waals surface area (Å²) in [4.78, 5) is 40.6. The fourth-order valence-electron chi connectivity index (χ4n) is 3.41. The van der Waals surface area contributed by atoms with E-state index < -0.39 is 23.3 Å². The Bertz CT molecular complexity index is 759. The van der Waals surface area contributed by atoms with Crippen molar-refractivity contribution >= 4 is 29.6 Å². The number of hydrogen-bond acceptors (Lipinski definition) is 4. The molecule has 0 aliphatic carbocycles. The maximum Gasteiger partial charge on any atom is 0.410 e. The van der Waals surface area contributed by atoms with Crippen molar-refractivity contribution in [2.75, 3.05) is 13.1 Å². The van der Waals surface area contributed by atoms with Gasteiger partial charge >= 0.3 is 12.1 Å². The molecule has 1 aromatic rings. The first-order chi connectivity index (χ1) is 12.6. The Labute approximate surface area is 163 Å². The smallest absolute Gasteiger partial charge is 0.410 e. The Kier molecular flexibility index (Phi) is 5.08. The first-order valence-corrected chi connectivity index (χ1v) is 9.34. The number of benzene rings is 1. The van der Waals surface area contributed by atoms with Gasteiger partial charge in [0.05, 0.1) is 13.1 Å². The number of amides is 4. The number of rotatable bonds is 2. The van der Waals surface area contributed by atoms with E-state index in [1.807, 2.05) is 0 Å². The van der Waals surface area contributed by atoms with Gasteiger partial charge in [0, 0.05) is 11.6 Å². The minimum absolute atomic E-state index is 0.115. The molecule has 7 nitrogen and oxygen atoms in total. The SMILES string of the molecule is CC(C)(C)OC(=O)N1CCCC2(C1)NC(=O)N(Cc1ccc(Cl)cc1)C2=O. The topological polar surface area (TPSA) is 79.0 Å². The predicted octanol–water partition coefficient (Wildman–Crippen LogP) is 3.16. The van der Waals surface area contributed by atoms with E-state index in [0.717, 1.165) is 5.56 Å². The van der Waals surface area contributed by atoms with Gasteiger partial charge in [-0.05, 0) is 51.3 Å². The van der Waals surface area contributed by atoms with E-state index in [0.29, 0.717) is 24.4 Å². The average molecular weight is 394 g/mol. The van der Waals surface area contributed by atoms with E-state index in [1.165, 1.54) is 9.80 Å². The zero-order chi connectivity index (χ0) is 19.8. The van der Waals surface area contributed by atoms with Crippen molar-refractivity contribution in [1.29, 1.82) is 0 Å². The molecule has 3 rings (SSSR count). The van der Waals surface area contributed by atoms with E-state index >= 15 is 0 Å². The molecule has 1 aromatic carbocycles. The number of imide groups is 1. The lowest BCUT2D eigenvalue weighted by molar-refractivity contribution is -0.133. The number of likely N-dealkylation sites (tertiary alicyclic amines) is 1. The number of carbonyl (C=O) groups excluding carboxylic acids is 3. The molecule has 1 atom stereocenters. The van der Waals surface area contributed by atoms with Crippen LogP contribution < -0.4 is 5.32 Å². The molecule has 1 spiro atoms. The van der Waals surface area contributed by atoms with E-state index in [9.17, 15) is 14.4 Å². The van der Waals surface area contributed by atoms with Gasteiger partial charge in [-0.2, -0.15) is 0 Å². The van der Waals surface area contributed by atoms with Crippen LogP contribution in [0.5, 0.6) is 0 Å². The first-order valence-electron chi connectivity index (χ1n) is 8.96. The van der Waals surface area contributed by atoms with Crippen LogP contribution in [0.2, 0.25) is 5.02 Å². The van der Waals surface area contributed by atoms with Gasteiger partial charge in [0.25, 0.3) is 5.91 Å². The fraction of sp³-hybridized carbons (Fsp3) is 0.526. The molecule has 0 aromatic heterocycles. The van der Waals surface area contributed by atoms with E-state index in [4.69, 9.17) is 16.3 Å². The first kappa shape index (κ1) is 19.5. The zero-order valence-electron chi connectivity index (χ0n) is 15.8. The largest absolute Gasteiger partial charge is 0.444 e. The predicted molar refractivity (Wildman–Crippen MR) is 100 cm³/mol. The molecule has 0 saturated carbocycles. The molecule has 2 saturated heterocycles. The van der Waals surface area contributed by atoms with Gasteiger partial charge in [-0.25, -0.2) is 9.59 Å². The molecular formula is C19H24ClN3O4. The van der Waals surface area contributed by atoms with Crippen LogP contribution in [0, 0.1) is 0 Å². The Morgan fingerprint density at radius 2 is 1.93 bits per heavy atom. The molecule has 0 radical (unpaired) electrons. The lowest BCUT2D eigenvalue weighted by Crippen LogP contribution is -2.60.